The fraction of sp³-hybridized carbons (Fsp3) is 0.312. The third-order valence-electron chi connectivity index (χ3n) is 3.40. The molecule has 1 aromatic carbocycles. The van der Waals surface area contributed by atoms with Crippen LogP contribution in [0, 0.1) is 0 Å². The molecule has 0 N–H and O–H groups in total. The Kier molecular flexibility index (Phi) is 3.65. The molecule has 0 unspecified atom stereocenters. The summed E-state index contributed by atoms with van der Waals surface area (Å²) in [7, 11) is 0. The lowest BCUT2D eigenvalue weighted by Gasteiger charge is -2.04. The van der Waals surface area contributed by atoms with Crippen molar-refractivity contribution in [1.82, 2.24) is 0 Å². The van der Waals surface area contributed by atoms with E-state index >= 15 is 0 Å². The van der Waals surface area contributed by atoms with Crippen LogP contribution in [0.4, 0.5) is 0 Å². The second kappa shape index (κ2) is 5.57. The van der Waals surface area contributed by atoms with Gasteiger partial charge >= 0.3 is 0 Å². The SMILES string of the molecule is O=C(CCc1ccc2c(c1)CCO2)Cc1cccs1. The van der Waals surface area contributed by atoms with Gasteiger partial charge in [-0.05, 0) is 35.1 Å². The van der Waals surface area contributed by atoms with E-state index < -0.39 is 0 Å². The molecular weight excluding hydrogens is 256 g/mol. The van der Waals surface area contributed by atoms with Crippen molar-refractivity contribution in [3.63, 3.8) is 0 Å². The van der Waals surface area contributed by atoms with E-state index in [0.717, 1.165) is 30.1 Å². The Morgan fingerprint density at radius 2 is 2.26 bits per heavy atom. The minimum absolute atomic E-state index is 0.319. The van der Waals surface area contributed by atoms with Crippen LogP contribution in [-0.4, -0.2) is 12.4 Å². The molecule has 3 rings (SSSR count). The first kappa shape index (κ1) is 12.4. The van der Waals surface area contributed by atoms with Gasteiger partial charge in [0.1, 0.15) is 11.5 Å². The monoisotopic (exact) mass is 272 g/mol. The van der Waals surface area contributed by atoms with Gasteiger partial charge in [-0.3, -0.25) is 4.79 Å². The average molecular weight is 272 g/mol. The molecule has 1 aliphatic rings. The first-order chi connectivity index (χ1) is 9.31. The molecule has 3 heteroatoms. The number of aryl methyl sites for hydroxylation is 1. The third kappa shape index (κ3) is 3.04. The summed E-state index contributed by atoms with van der Waals surface area (Å²) in [6.07, 6.45) is 3.02. The zero-order chi connectivity index (χ0) is 13.1. The predicted octanol–water partition coefficient (Wildman–Crippen LogP) is 3.43. The molecule has 19 heavy (non-hydrogen) atoms. The number of rotatable bonds is 5. The summed E-state index contributed by atoms with van der Waals surface area (Å²) in [5.41, 5.74) is 2.52. The van der Waals surface area contributed by atoms with Crippen molar-refractivity contribution in [3.05, 3.63) is 51.7 Å². The highest BCUT2D eigenvalue weighted by atomic mass is 32.1. The molecule has 2 heterocycles. The zero-order valence-electron chi connectivity index (χ0n) is 10.7. The van der Waals surface area contributed by atoms with Crippen LogP contribution in [0.25, 0.3) is 0 Å². The normalized spacial score (nSPS) is 13.1. The van der Waals surface area contributed by atoms with Crippen molar-refractivity contribution in [3.8, 4) is 5.75 Å². The number of fused-ring (bicyclic) bond motifs is 1. The summed E-state index contributed by atoms with van der Waals surface area (Å²) in [6.45, 7) is 0.788. The smallest absolute Gasteiger partial charge is 0.138 e. The molecule has 2 nitrogen and oxygen atoms in total. The highest BCUT2D eigenvalue weighted by Crippen LogP contribution is 2.26. The fourth-order valence-electron chi connectivity index (χ4n) is 2.38. The van der Waals surface area contributed by atoms with Crippen LogP contribution < -0.4 is 4.74 Å². The Bertz CT molecular complexity index is 572. The largest absolute Gasteiger partial charge is 0.493 e. The van der Waals surface area contributed by atoms with Gasteiger partial charge in [0, 0.05) is 24.1 Å². The summed E-state index contributed by atoms with van der Waals surface area (Å²) in [4.78, 5) is 13.1. The Morgan fingerprint density at radius 3 is 3.11 bits per heavy atom. The molecular formula is C16H16O2S. The summed E-state index contributed by atoms with van der Waals surface area (Å²) >= 11 is 1.65. The Labute approximate surface area is 117 Å². The van der Waals surface area contributed by atoms with Gasteiger partial charge in [0.2, 0.25) is 0 Å². The van der Waals surface area contributed by atoms with Crippen molar-refractivity contribution < 1.29 is 9.53 Å². The quantitative estimate of drug-likeness (QED) is 0.833. The van der Waals surface area contributed by atoms with E-state index in [2.05, 4.69) is 12.1 Å². The lowest BCUT2D eigenvalue weighted by Crippen LogP contribution is -2.03. The number of thiophene rings is 1. The zero-order valence-corrected chi connectivity index (χ0v) is 11.5. The minimum Gasteiger partial charge on any atom is -0.493 e. The molecule has 0 aliphatic carbocycles. The Balaban J connectivity index is 1.56. The molecule has 0 amide bonds. The van der Waals surface area contributed by atoms with Gasteiger partial charge < -0.3 is 4.74 Å². The van der Waals surface area contributed by atoms with Gasteiger partial charge in [-0.15, -0.1) is 11.3 Å². The molecule has 0 saturated carbocycles. The second-order valence-corrected chi connectivity index (χ2v) is 5.87. The summed E-state index contributed by atoms with van der Waals surface area (Å²) < 4.78 is 5.48. The average Bonchev–Trinajstić information content (AvgIpc) is 3.06. The number of Topliss-reactive ketones (excluding diaryl/α,β-unsaturated/α-hetero) is 1. The van der Waals surface area contributed by atoms with Crippen LogP contribution >= 0.6 is 11.3 Å². The van der Waals surface area contributed by atoms with Gasteiger partial charge in [-0.25, -0.2) is 0 Å². The number of benzene rings is 1. The fourth-order valence-corrected chi connectivity index (χ4v) is 3.11. The topological polar surface area (TPSA) is 26.3 Å². The maximum absolute atomic E-state index is 11.9. The number of carbonyl (C=O) groups is 1. The molecule has 0 spiro atoms. The maximum atomic E-state index is 11.9. The molecule has 98 valence electrons. The van der Waals surface area contributed by atoms with Gasteiger partial charge in [-0.2, -0.15) is 0 Å². The standard InChI is InChI=1S/C16H16O2S/c17-14(11-15-2-1-9-19-15)5-3-12-4-6-16-13(10-12)7-8-18-16/h1-2,4,6,9-10H,3,5,7-8,11H2. The van der Waals surface area contributed by atoms with Crippen molar-refractivity contribution in [2.75, 3.05) is 6.61 Å². The molecule has 0 saturated heterocycles. The summed E-state index contributed by atoms with van der Waals surface area (Å²) in [5.74, 6) is 1.33. The van der Waals surface area contributed by atoms with Crippen LogP contribution in [0.2, 0.25) is 0 Å². The maximum Gasteiger partial charge on any atom is 0.138 e. The van der Waals surface area contributed by atoms with Gasteiger partial charge in [-0.1, -0.05) is 18.2 Å². The molecule has 0 radical (unpaired) electrons. The third-order valence-corrected chi connectivity index (χ3v) is 4.27. The predicted molar refractivity (Wildman–Crippen MR) is 77.0 cm³/mol. The van der Waals surface area contributed by atoms with E-state index in [1.807, 2.05) is 23.6 Å². The molecule has 0 atom stereocenters. The summed E-state index contributed by atoms with van der Waals surface area (Å²) in [6, 6.07) is 10.3. The first-order valence-electron chi connectivity index (χ1n) is 6.60. The molecule has 1 aliphatic heterocycles. The van der Waals surface area contributed by atoms with E-state index in [4.69, 9.17) is 4.74 Å². The second-order valence-electron chi connectivity index (χ2n) is 4.84. The van der Waals surface area contributed by atoms with Crippen LogP contribution in [0.1, 0.15) is 22.4 Å². The van der Waals surface area contributed by atoms with Gasteiger partial charge in [0.15, 0.2) is 0 Å². The number of hydrogen-bond acceptors (Lipinski definition) is 3. The van der Waals surface area contributed by atoms with Crippen LogP contribution in [0.15, 0.2) is 35.7 Å². The highest BCUT2D eigenvalue weighted by Gasteiger charge is 2.12. The van der Waals surface area contributed by atoms with Crippen molar-refractivity contribution in [2.45, 2.75) is 25.7 Å². The van der Waals surface area contributed by atoms with Crippen LogP contribution in [0.3, 0.4) is 0 Å². The lowest BCUT2D eigenvalue weighted by atomic mass is 10.0. The first-order valence-corrected chi connectivity index (χ1v) is 7.48. The molecule has 2 aromatic rings. The van der Waals surface area contributed by atoms with Crippen molar-refractivity contribution >= 4 is 17.1 Å². The van der Waals surface area contributed by atoms with E-state index in [9.17, 15) is 4.79 Å². The minimum atomic E-state index is 0.319. The van der Waals surface area contributed by atoms with E-state index in [-0.39, 0.29) is 0 Å². The van der Waals surface area contributed by atoms with Gasteiger partial charge in [0.05, 0.1) is 6.61 Å². The lowest BCUT2D eigenvalue weighted by molar-refractivity contribution is -0.118. The molecule has 0 fully saturated rings. The number of hydrogen-bond donors (Lipinski definition) is 0. The van der Waals surface area contributed by atoms with Gasteiger partial charge in [0.25, 0.3) is 0 Å². The Morgan fingerprint density at radius 1 is 1.32 bits per heavy atom. The van der Waals surface area contributed by atoms with Crippen molar-refractivity contribution in [1.29, 1.82) is 0 Å². The highest BCUT2D eigenvalue weighted by molar-refractivity contribution is 7.10. The van der Waals surface area contributed by atoms with E-state index in [1.54, 1.807) is 11.3 Å². The molecule has 0 bridgehead atoms. The number of ether oxygens (including phenoxy) is 1. The van der Waals surface area contributed by atoms with E-state index in [0.29, 0.717) is 18.6 Å². The number of ketones is 1. The van der Waals surface area contributed by atoms with Crippen molar-refractivity contribution in [2.24, 2.45) is 0 Å². The Hall–Kier alpha value is -1.61. The van der Waals surface area contributed by atoms with Crippen LogP contribution in [-0.2, 0) is 24.1 Å². The summed E-state index contributed by atoms with van der Waals surface area (Å²) in [5, 5.41) is 2.02. The van der Waals surface area contributed by atoms with Crippen LogP contribution in [0.5, 0.6) is 5.75 Å². The van der Waals surface area contributed by atoms with E-state index in [1.165, 1.54) is 11.1 Å². The number of carbonyl (C=O) groups excluding carboxylic acids is 1. The molecule has 1 aromatic heterocycles.